The summed E-state index contributed by atoms with van der Waals surface area (Å²) in [4.78, 5) is 17.5. The summed E-state index contributed by atoms with van der Waals surface area (Å²) in [6, 6.07) is 10.7. The largest absolute Gasteiger partial charge is 0.334 e. The maximum Gasteiger partial charge on any atom is 0.234 e. The van der Waals surface area contributed by atoms with Crippen LogP contribution in [0.15, 0.2) is 72.7 Å². The van der Waals surface area contributed by atoms with E-state index in [1.807, 2.05) is 31.0 Å². The molecule has 0 bridgehead atoms. The second-order valence-electron chi connectivity index (χ2n) is 7.54. The van der Waals surface area contributed by atoms with Gasteiger partial charge in [-0.3, -0.25) is 0 Å². The molecule has 2 aromatic rings. The zero-order chi connectivity index (χ0) is 22.4. The third-order valence-corrected chi connectivity index (χ3v) is 5.90. The van der Waals surface area contributed by atoms with Gasteiger partial charge in [0.25, 0.3) is 0 Å². The Balaban J connectivity index is 1.74. The second kappa shape index (κ2) is 9.84. The van der Waals surface area contributed by atoms with Crippen LogP contribution in [-0.2, 0) is 10.0 Å². The van der Waals surface area contributed by atoms with E-state index in [-0.39, 0.29) is 11.8 Å². The normalized spacial score (nSPS) is 17.3. The lowest BCUT2D eigenvalue weighted by Gasteiger charge is -2.26. The summed E-state index contributed by atoms with van der Waals surface area (Å²) < 4.78 is 22.2. The molecule has 0 saturated carbocycles. The van der Waals surface area contributed by atoms with Crippen molar-refractivity contribution in [2.24, 2.45) is 5.14 Å². The number of rotatable bonds is 8. The molecule has 8 nitrogen and oxygen atoms in total. The molecule has 2 N–H and O–H groups in total. The van der Waals surface area contributed by atoms with Gasteiger partial charge in [-0.1, -0.05) is 49.1 Å². The van der Waals surface area contributed by atoms with E-state index >= 15 is 0 Å². The van der Waals surface area contributed by atoms with Gasteiger partial charge in [-0.05, 0) is 37.0 Å². The van der Waals surface area contributed by atoms with E-state index in [1.54, 1.807) is 12.2 Å². The number of anilines is 2. The van der Waals surface area contributed by atoms with Crippen molar-refractivity contribution in [2.45, 2.75) is 25.8 Å². The molecule has 1 aromatic carbocycles. The number of aromatic nitrogens is 3. The highest BCUT2D eigenvalue weighted by Crippen LogP contribution is 2.34. The zero-order valence-electron chi connectivity index (χ0n) is 17.8. The smallest absolute Gasteiger partial charge is 0.234 e. The molecule has 9 heteroatoms. The van der Waals surface area contributed by atoms with Crippen molar-refractivity contribution < 1.29 is 8.42 Å². The van der Waals surface area contributed by atoms with Crippen LogP contribution in [0.4, 0.5) is 11.9 Å². The third kappa shape index (κ3) is 6.22. The topological polar surface area (TPSA) is 105 Å². The number of nitrogens with zero attached hydrogens (tertiary/aromatic N) is 5. The summed E-state index contributed by atoms with van der Waals surface area (Å²) in [5.74, 6) is 0.920. The molecule has 1 saturated heterocycles. The van der Waals surface area contributed by atoms with Crippen LogP contribution < -0.4 is 14.9 Å². The average molecular weight is 441 g/mol. The summed E-state index contributed by atoms with van der Waals surface area (Å²) in [6.07, 6.45) is 8.87. The van der Waals surface area contributed by atoms with E-state index in [4.69, 9.17) is 10.1 Å². The summed E-state index contributed by atoms with van der Waals surface area (Å²) >= 11 is 0. The Bertz CT molecular complexity index is 1080. The van der Waals surface area contributed by atoms with Crippen molar-refractivity contribution in [3.05, 3.63) is 78.3 Å². The van der Waals surface area contributed by atoms with Gasteiger partial charge < -0.3 is 9.80 Å². The first kappa shape index (κ1) is 22.6. The molecule has 1 aromatic heterocycles. The molecule has 0 aliphatic carbocycles. The van der Waals surface area contributed by atoms with Crippen molar-refractivity contribution >= 4 is 21.9 Å². The molecule has 1 aliphatic heterocycles. The predicted octanol–water partition coefficient (Wildman–Crippen LogP) is 2.95. The number of hydrogen-bond donors (Lipinski definition) is 1. The molecule has 1 unspecified atom stereocenters. The van der Waals surface area contributed by atoms with Gasteiger partial charge in [0.2, 0.25) is 21.9 Å². The van der Waals surface area contributed by atoms with Crippen LogP contribution in [0.25, 0.3) is 0 Å². The zero-order valence-corrected chi connectivity index (χ0v) is 18.7. The fourth-order valence-electron chi connectivity index (χ4n) is 3.51. The first-order chi connectivity index (χ1) is 14.7. The van der Waals surface area contributed by atoms with Gasteiger partial charge in [0, 0.05) is 19.3 Å². The van der Waals surface area contributed by atoms with Crippen molar-refractivity contribution in [3.63, 3.8) is 0 Å². The van der Waals surface area contributed by atoms with E-state index < -0.39 is 10.0 Å². The lowest BCUT2D eigenvalue weighted by molar-refractivity contribution is 0.600. The van der Waals surface area contributed by atoms with E-state index in [1.165, 1.54) is 11.9 Å². The monoisotopic (exact) mass is 440 g/mol. The van der Waals surface area contributed by atoms with Crippen molar-refractivity contribution in [1.29, 1.82) is 0 Å². The van der Waals surface area contributed by atoms with Gasteiger partial charge in [0.1, 0.15) is 6.33 Å². The van der Waals surface area contributed by atoms with E-state index in [9.17, 15) is 8.42 Å². The molecule has 0 radical (unpaired) electrons. The van der Waals surface area contributed by atoms with Gasteiger partial charge >= 0.3 is 0 Å². The lowest BCUT2D eigenvalue weighted by atomic mass is 10.1. The summed E-state index contributed by atoms with van der Waals surface area (Å²) in [5, 5.41) is 5.03. The number of benzene rings is 1. The molecule has 31 heavy (non-hydrogen) atoms. The van der Waals surface area contributed by atoms with Crippen molar-refractivity contribution in [2.75, 3.05) is 29.1 Å². The number of primary sulfonamides is 1. The molecule has 164 valence electrons. The van der Waals surface area contributed by atoms with Crippen LogP contribution in [0.5, 0.6) is 0 Å². The Hall–Kier alpha value is -3.04. The Morgan fingerprint density at radius 2 is 2.06 bits per heavy atom. The fourth-order valence-corrected chi connectivity index (χ4v) is 4.12. The highest BCUT2D eigenvalue weighted by Gasteiger charge is 2.28. The molecular weight excluding hydrogens is 412 g/mol. The molecule has 3 rings (SSSR count). The minimum Gasteiger partial charge on any atom is -0.334 e. The summed E-state index contributed by atoms with van der Waals surface area (Å²) in [5.41, 5.74) is 2.55. The Morgan fingerprint density at radius 1 is 1.32 bits per heavy atom. The molecule has 1 atom stereocenters. The molecule has 1 aliphatic rings. The number of sulfonamides is 1. The molecular formula is C22H28N6O2S. The van der Waals surface area contributed by atoms with E-state index in [2.05, 4.69) is 45.7 Å². The number of hydrogen-bond acceptors (Lipinski definition) is 7. The van der Waals surface area contributed by atoms with Crippen LogP contribution in [0.2, 0.25) is 0 Å². The van der Waals surface area contributed by atoms with Crippen LogP contribution in [-0.4, -0.2) is 42.7 Å². The van der Waals surface area contributed by atoms with Gasteiger partial charge in [0.05, 0.1) is 11.8 Å². The molecule has 0 amide bonds. The standard InChI is InChI=1S/C22H28N6O2S/c1-17(15-31(23,29)30)9-7-10-18(2)27(3)21-24-16-25-22(26-21)28-14-8-13-20(28)19-11-5-4-6-12-19/h4-7,9-12,16,20H,1,8,13-15H2,2-3H3,(H2,23,29,30). The maximum atomic E-state index is 11.1. The molecule has 1 fully saturated rings. The van der Waals surface area contributed by atoms with Crippen molar-refractivity contribution in [1.82, 2.24) is 15.0 Å². The Labute approximate surface area is 183 Å². The second-order valence-corrected chi connectivity index (χ2v) is 9.15. The summed E-state index contributed by atoms with van der Waals surface area (Å²) in [7, 11) is -1.71. The van der Waals surface area contributed by atoms with E-state index in [0.29, 0.717) is 17.5 Å². The van der Waals surface area contributed by atoms with Crippen LogP contribution >= 0.6 is 0 Å². The van der Waals surface area contributed by atoms with Gasteiger partial charge in [-0.2, -0.15) is 4.98 Å². The summed E-state index contributed by atoms with van der Waals surface area (Å²) in [6.45, 7) is 6.52. The maximum absolute atomic E-state index is 11.1. The van der Waals surface area contributed by atoms with Gasteiger partial charge in [0.15, 0.2) is 0 Å². The Kier molecular flexibility index (Phi) is 7.19. The van der Waals surface area contributed by atoms with Gasteiger partial charge in [-0.25, -0.2) is 23.5 Å². The third-order valence-electron chi connectivity index (χ3n) is 5.13. The molecule has 2 heterocycles. The average Bonchev–Trinajstić information content (AvgIpc) is 3.22. The fraction of sp³-hybridized carbons (Fsp3) is 0.318. The van der Waals surface area contributed by atoms with Gasteiger partial charge in [-0.15, -0.1) is 0 Å². The van der Waals surface area contributed by atoms with E-state index in [0.717, 1.165) is 25.1 Å². The first-order valence-electron chi connectivity index (χ1n) is 10.0. The SMILES string of the molecule is C=C(C=CC=C(C)N(C)c1ncnc(N2CCCC2c2ccccc2)n1)CS(N)(=O)=O. The minimum absolute atomic E-state index is 0.256. The predicted molar refractivity (Wildman–Crippen MR) is 124 cm³/mol. The Morgan fingerprint density at radius 3 is 2.77 bits per heavy atom. The molecule has 0 spiro atoms. The first-order valence-corrected chi connectivity index (χ1v) is 11.7. The highest BCUT2D eigenvalue weighted by molar-refractivity contribution is 7.89. The van der Waals surface area contributed by atoms with Crippen molar-refractivity contribution in [3.8, 4) is 0 Å². The highest BCUT2D eigenvalue weighted by atomic mass is 32.2. The number of nitrogens with two attached hydrogens (primary N) is 1. The minimum atomic E-state index is -3.58. The quantitative estimate of drug-likeness (QED) is 0.629. The van der Waals surface area contributed by atoms with Crippen LogP contribution in [0.1, 0.15) is 31.4 Å². The lowest BCUT2D eigenvalue weighted by Crippen LogP contribution is -2.26. The van der Waals surface area contributed by atoms with Crippen LogP contribution in [0.3, 0.4) is 0 Å². The number of allylic oxidation sites excluding steroid dienone is 4. The van der Waals surface area contributed by atoms with Crippen LogP contribution in [0, 0.1) is 0 Å².